The van der Waals surface area contributed by atoms with E-state index in [0.717, 1.165) is 11.8 Å². The molecule has 1 saturated heterocycles. The number of thioether (sulfide) groups is 1. The van der Waals surface area contributed by atoms with Crippen molar-refractivity contribution < 1.29 is 9.59 Å². The number of likely N-dealkylation sites (N-methyl/N-ethyl adjacent to an activating group) is 1. The monoisotopic (exact) mass is 174 g/mol. The maximum atomic E-state index is 11.1. The third-order valence-electron chi connectivity index (χ3n) is 1.34. The van der Waals surface area contributed by atoms with Crippen LogP contribution in [0.4, 0.5) is 4.79 Å². The van der Waals surface area contributed by atoms with E-state index in [2.05, 4.69) is 10.6 Å². The predicted octanol–water partition coefficient (Wildman–Crippen LogP) is -0.0525. The Kier molecular flexibility index (Phi) is 2.76. The van der Waals surface area contributed by atoms with Crippen molar-refractivity contribution in [1.82, 2.24) is 10.6 Å². The molecule has 1 atom stereocenters. The van der Waals surface area contributed by atoms with Crippen LogP contribution in [0.3, 0.4) is 0 Å². The fourth-order valence-corrected chi connectivity index (χ4v) is 1.60. The molecule has 1 heterocycles. The van der Waals surface area contributed by atoms with Crippen molar-refractivity contribution in [3.63, 3.8) is 0 Å². The van der Waals surface area contributed by atoms with Crippen LogP contribution in [0.5, 0.6) is 0 Å². The van der Waals surface area contributed by atoms with Crippen LogP contribution in [0.2, 0.25) is 0 Å². The summed E-state index contributed by atoms with van der Waals surface area (Å²) < 4.78 is 0. The molecular weight excluding hydrogens is 164 g/mol. The van der Waals surface area contributed by atoms with E-state index in [0.29, 0.717) is 12.3 Å². The Morgan fingerprint density at radius 3 is 3.09 bits per heavy atom. The highest BCUT2D eigenvalue weighted by Crippen LogP contribution is 2.12. The van der Waals surface area contributed by atoms with Crippen LogP contribution in [0.25, 0.3) is 0 Å². The average molecular weight is 174 g/mol. The van der Waals surface area contributed by atoms with Gasteiger partial charge in [0, 0.05) is 12.3 Å². The van der Waals surface area contributed by atoms with Crippen molar-refractivity contribution in [2.75, 3.05) is 12.3 Å². The molecule has 1 fully saturated rings. The summed E-state index contributed by atoms with van der Waals surface area (Å²) in [5, 5.41) is 5.08. The summed E-state index contributed by atoms with van der Waals surface area (Å²) in [5.74, 6) is 0.454. The third-order valence-corrected chi connectivity index (χ3v) is 2.22. The molecule has 1 aliphatic rings. The minimum Gasteiger partial charge on any atom is -0.355 e. The first-order valence-electron chi connectivity index (χ1n) is 3.45. The van der Waals surface area contributed by atoms with Gasteiger partial charge in [-0.05, 0) is 6.92 Å². The Labute approximate surface area is 69.1 Å². The number of amides is 2. The summed E-state index contributed by atoms with van der Waals surface area (Å²) in [7, 11) is 0. The number of nitrogens with one attached hydrogen (secondary N) is 2. The first-order chi connectivity index (χ1) is 5.24. The van der Waals surface area contributed by atoms with E-state index in [9.17, 15) is 9.59 Å². The van der Waals surface area contributed by atoms with E-state index in [1.807, 2.05) is 6.92 Å². The Morgan fingerprint density at radius 2 is 2.64 bits per heavy atom. The van der Waals surface area contributed by atoms with Crippen molar-refractivity contribution >= 4 is 22.9 Å². The summed E-state index contributed by atoms with van der Waals surface area (Å²) in [5.41, 5.74) is 0. The van der Waals surface area contributed by atoms with Crippen molar-refractivity contribution in [2.24, 2.45) is 0 Å². The summed E-state index contributed by atoms with van der Waals surface area (Å²) in [6, 6.07) is -0.326. The quantitative estimate of drug-likeness (QED) is 0.617. The van der Waals surface area contributed by atoms with Gasteiger partial charge in [-0.1, -0.05) is 11.8 Å². The molecule has 62 valence electrons. The van der Waals surface area contributed by atoms with Gasteiger partial charge >= 0.3 is 0 Å². The highest BCUT2D eigenvalue weighted by molar-refractivity contribution is 8.14. The Morgan fingerprint density at radius 1 is 1.91 bits per heavy atom. The molecule has 0 aliphatic carbocycles. The zero-order chi connectivity index (χ0) is 8.27. The molecule has 5 heteroatoms. The van der Waals surface area contributed by atoms with E-state index in [1.54, 1.807) is 0 Å². The Bertz CT molecular complexity index is 183. The number of hydrogen-bond donors (Lipinski definition) is 2. The summed E-state index contributed by atoms with van der Waals surface area (Å²) >= 11 is 1.15. The van der Waals surface area contributed by atoms with Crippen molar-refractivity contribution in [1.29, 1.82) is 0 Å². The van der Waals surface area contributed by atoms with Crippen molar-refractivity contribution in [3.8, 4) is 0 Å². The fourth-order valence-electron chi connectivity index (χ4n) is 0.823. The zero-order valence-electron chi connectivity index (χ0n) is 6.22. The summed E-state index contributed by atoms with van der Waals surface area (Å²) in [6.45, 7) is 2.46. The second-order valence-electron chi connectivity index (χ2n) is 2.19. The lowest BCUT2D eigenvalue weighted by atomic mass is 10.3. The molecule has 2 amide bonds. The average Bonchev–Trinajstić information content (AvgIpc) is 2.36. The SMILES string of the molecule is CCNC(=O)C1CSC(=O)N1. The minimum atomic E-state index is -0.326. The van der Waals surface area contributed by atoms with Gasteiger partial charge in [0.25, 0.3) is 5.24 Å². The van der Waals surface area contributed by atoms with E-state index < -0.39 is 0 Å². The lowest BCUT2D eigenvalue weighted by molar-refractivity contribution is -0.122. The van der Waals surface area contributed by atoms with E-state index in [-0.39, 0.29) is 17.2 Å². The molecule has 0 aromatic rings. The molecule has 1 unspecified atom stereocenters. The van der Waals surface area contributed by atoms with Gasteiger partial charge in [0.1, 0.15) is 6.04 Å². The standard InChI is InChI=1S/C6H10N2O2S/c1-2-7-5(9)4-3-11-6(10)8-4/h4H,2-3H2,1H3,(H,7,9)(H,8,10). The molecule has 0 saturated carbocycles. The van der Waals surface area contributed by atoms with Crippen molar-refractivity contribution in [2.45, 2.75) is 13.0 Å². The summed E-state index contributed by atoms with van der Waals surface area (Å²) in [4.78, 5) is 21.7. The lowest BCUT2D eigenvalue weighted by Gasteiger charge is -2.07. The van der Waals surface area contributed by atoms with Crippen LogP contribution in [-0.2, 0) is 4.79 Å². The van der Waals surface area contributed by atoms with Crippen LogP contribution in [0.1, 0.15) is 6.92 Å². The molecule has 0 radical (unpaired) electrons. The molecule has 0 bridgehead atoms. The molecule has 4 nitrogen and oxygen atoms in total. The first-order valence-corrected chi connectivity index (χ1v) is 4.43. The molecule has 0 aromatic heterocycles. The van der Waals surface area contributed by atoms with Gasteiger partial charge in [-0.2, -0.15) is 0 Å². The molecule has 1 rings (SSSR count). The first kappa shape index (κ1) is 8.39. The van der Waals surface area contributed by atoms with Crippen LogP contribution in [-0.4, -0.2) is 29.5 Å². The van der Waals surface area contributed by atoms with Gasteiger partial charge in [0.15, 0.2) is 0 Å². The van der Waals surface area contributed by atoms with E-state index in [1.165, 1.54) is 0 Å². The second kappa shape index (κ2) is 3.61. The largest absolute Gasteiger partial charge is 0.355 e. The fraction of sp³-hybridized carbons (Fsp3) is 0.667. The van der Waals surface area contributed by atoms with E-state index >= 15 is 0 Å². The van der Waals surface area contributed by atoms with Gasteiger partial charge in [-0.25, -0.2) is 0 Å². The lowest BCUT2D eigenvalue weighted by Crippen LogP contribution is -2.42. The van der Waals surface area contributed by atoms with Gasteiger partial charge in [-0.15, -0.1) is 0 Å². The molecule has 0 spiro atoms. The molecule has 2 N–H and O–H groups in total. The molecular formula is C6H10N2O2S. The number of carbonyl (C=O) groups is 2. The number of hydrogen-bond acceptors (Lipinski definition) is 3. The zero-order valence-corrected chi connectivity index (χ0v) is 7.03. The van der Waals surface area contributed by atoms with Crippen LogP contribution < -0.4 is 10.6 Å². The molecule has 0 aromatic carbocycles. The normalized spacial score (nSPS) is 23.0. The van der Waals surface area contributed by atoms with Gasteiger partial charge in [0.05, 0.1) is 0 Å². The third kappa shape index (κ3) is 2.11. The molecule has 11 heavy (non-hydrogen) atoms. The van der Waals surface area contributed by atoms with Crippen LogP contribution in [0, 0.1) is 0 Å². The highest BCUT2D eigenvalue weighted by atomic mass is 32.2. The van der Waals surface area contributed by atoms with E-state index in [4.69, 9.17) is 0 Å². The van der Waals surface area contributed by atoms with Crippen molar-refractivity contribution in [3.05, 3.63) is 0 Å². The Balaban J connectivity index is 2.37. The van der Waals surface area contributed by atoms with Gasteiger partial charge in [0.2, 0.25) is 5.91 Å². The second-order valence-corrected chi connectivity index (χ2v) is 3.18. The minimum absolute atomic E-state index is 0.0918. The topological polar surface area (TPSA) is 58.2 Å². The number of rotatable bonds is 2. The Hall–Kier alpha value is -0.710. The smallest absolute Gasteiger partial charge is 0.279 e. The maximum absolute atomic E-state index is 11.1. The summed E-state index contributed by atoms with van der Waals surface area (Å²) in [6.07, 6.45) is 0. The van der Waals surface area contributed by atoms with Crippen LogP contribution in [0.15, 0.2) is 0 Å². The number of carbonyl (C=O) groups excluding carboxylic acids is 2. The van der Waals surface area contributed by atoms with Crippen LogP contribution >= 0.6 is 11.8 Å². The predicted molar refractivity (Wildman–Crippen MR) is 43.5 cm³/mol. The van der Waals surface area contributed by atoms with Gasteiger partial charge < -0.3 is 10.6 Å². The molecule has 1 aliphatic heterocycles. The van der Waals surface area contributed by atoms with Gasteiger partial charge in [-0.3, -0.25) is 9.59 Å². The highest BCUT2D eigenvalue weighted by Gasteiger charge is 2.27. The maximum Gasteiger partial charge on any atom is 0.279 e.